The maximum Gasteiger partial charge on any atom is 0.193 e. The van der Waals surface area contributed by atoms with Gasteiger partial charge in [0.2, 0.25) is 0 Å². The van der Waals surface area contributed by atoms with E-state index in [-0.39, 0.29) is 36.0 Å². The first-order valence-corrected chi connectivity index (χ1v) is 8.74. The van der Waals surface area contributed by atoms with Crippen LogP contribution < -0.4 is 5.32 Å². The molecule has 2 aromatic rings. The summed E-state index contributed by atoms with van der Waals surface area (Å²) in [5.74, 6) is 1.69. The number of benzene rings is 1. The molecular weight excluding hydrogens is 445 g/mol. The molecule has 1 fully saturated rings. The molecular formula is C19H28IN3O3. The maximum atomic E-state index is 9.82. The van der Waals surface area contributed by atoms with Gasteiger partial charge < -0.3 is 24.5 Å². The molecule has 0 amide bonds. The van der Waals surface area contributed by atoms with Crippen molar-refractivity contribution in [1.82, 2.24) is 10.2 Å². The number of aliphatic hydroxyl groups excluding tert-OH is 1. The fourth-order valence-corrected chi connectivity index (χ4v) is 3.27. The summed E-state index contributed by atoms with van der Waals surface area (Å²) in [5.41, 5.74) is 0.768. The monoisotopic (exact) mass is 473 g/mol. The summed E-state index contributed by atoms with van der Waals surface area (Å²) in [5, 5.41) is 14.3. The van der Waals surface area contributed by atoms with Crippen LogP contribution in [0.15, 0.2) is 39.7 Å². The number of rotatable bonds is 5. The molecule has 3 rings (SSSR count). The van der Waals surface area contributed by atoms with E-state index in [0.717, 1.165) is 35.5 Å². The molecule has 1 aliphatic rings. The fraction of sp³-hybridized carbons (Fsp3) is 0.526. The standard InChI is InChI=1S/C19H27N3O3.HI/c1-20-18(21-13-19(14-23)7-9-24-10-8-19)22(2)12-16-11-15-5-3-4-6-17(15)25-16;/h3-6,11,23H,7-10,12-14H2,1-2H3,(H,20,21);1H. The van der Waals surface area contributed by atoms with Crippen molar-refractivity contribution in [2.45, 2.75) is 19.4 Å². The smallest absolute Gasteiger partial charge is 0.193 e. The average Bonchev–Trinajstić information content (AvgIpc) is 3.05. The Labute approximate surface area is 171 Å². The third-order valence-corrected chi connectivity index (χ3v) is 4.95. The minimum Gasteiger partial charge on any atom is -0.459 e. The number of ether oxygens (including phenoxy) is 1. The van der Waals surface area contributed by atoms with E-state index in [4.69, 9.17) is 9.15 Å². The molecule has 7 heteroatoms. The first-order valence-electron chi connectivity index (χ1n) is 8.74. The number of nitrogens with one attached hydrogen (secondary N) is 1. The average molecular weight is 473 g/mol. The lowest BCUT2D eigenvalue weighted by atomic mass is 9.81. The summed E-state index contributed by atoms with van der Waals surface area (Å²) in [6.45, 7) is 2.88. The van der Waals surface area contributed by atoms with E-state index >= 15 is 0 Å². The Balaban J connectivity index is 0.00000243. The van der Waals surface area contributed by atoms with Gasteiger partial charge in [-0.3, -0.25) is 4.99 Å². The molecule has 1 aromatic carbocycles. The topological polar surface area (TPSA) is 70.2 Å². The number of guanidine groups is 1. The SMILES string of the molecule is CN=C(NCC1(CO)CCOCC1)N(C)Cc1cc2ccccc2o1.I. The second kappa shape index (κ2) is 9.57. The predicted molar refractivity (Wildman–Crippen MR) is 114 cm³/mol. The van der Waals surface area contributed by atoms with Crippen LogP contribution in [0.25, 0.3) is 11.0 Å². The van der Waals surface area contributed by atoms with Crippen molar-refractivity contribution in [3.63, 3.8) is 0 Å². The van der Waals surface area contributed by atoms with Crippen molar-refractivity contribution >= 4 is 40.9 Å². The van der Waals surface area contributed by atoms with Crippen molar-refractivity contribution in [2.24, 2.45) is 10.4 Å². The summed E-state index contributed by atoms with van der Waals surface area (Å²) in [4.78, 5) is 6.39. The van der Waals surface area contributed by atoms with Gasteiger partial charge in [0, 0.05) is 44.7 Å². The molecule has 0 bridgehead atoms. The lowest BCUT2D eigenvalue weighted by molar-refractivity contribution is -0.0134. The molecule has 2 N–H and O–H groups in total. The van der Waals surface area contributed by atoms with Crippen LogP contribution in [-0.2, 0) is 11.3 Å². The Bertz CT molecular complexity index is 693. The molecule has 6 nitrogen and oxygen atoms in total. The molecule has 1 aliphatic heterocycles. The lowest BCUT2D eigenvalue weighted by Crippen LogP contribution is -2.47. The highest BCUT2D eigenvalue weighted by Crippen LogP contribution is 2.29. The van der Waals surface area contributed by atoms with Crippen LogP contribution in [0.2, 0.25) is 0 Å². The minimum atomic E-state index is -0.131. The van der Waals surface area contributed by atoms with E-state index in [1.807, 2.05) is 36.2 Å². The molecule has 0 saturated carbocycles. The van der Waals surface area contributed by atoms with Gasteiger partial charge in [0.1, 0.15) is 11.3 Å². The first kappa shape index (κ1) is 21.0. The van der Waals surface area contributed by atoms with Crippen molar-refractivity contribution < 1.29 is 14.3 Å². The lowest BCUT2D eigenvalue weighted by Gasteiger charge is -2.36. The summed E-state index contributed by atoms with van der Waals surface area (Å²) in [6, 6.07) is 10.1. The quantitative estimate of drug-likeness (QED) is 0.397. The van der Waals surface area contributed by atoms with Crippen LogP contribution in [0.5, 0.6) is 0 Å². The minimum absolute atomic E-state index is 0. The molecule has 0 radical (unpaired) electrons. The molecule has 1 saturated heterocycles. The number of furan rings is 1. The van der Waals surface area contributed by atoms with E-state index in [0.29, 0.717) is 26.3 Å². The van der Waals surface area contributed by atoms with E-state index in [9.17, 15) is 5.11 Å². The highest BCUT2D eigenvalue weighted by molar-refractivity contribution is 14.0. The van der Waals surface area contributed by atoms with Crippen molar-refractivity contribution in [3.8, 4) is 0 Å². The molecule has 0 spiro atoms. The van der Waals surface area contributed by atoms with E-state index in [1.54, 1.807) is 7.05 Å². The molecule has 26 heavy (non-hydrogen) atoms. The van der Waals surface area contributed by atoms with Crippen LogP contribution in [0.3, 0.4) is 0 Å². The van der Waals surface area contributed by atoms with Crippen LogP contribution in [0, 0.1) is 5.41 Å². The van der Waals surface area contributed by atoms with Crippen LogP contribution in [0.4, 0.5) is 0 Å². The van der Waals surface area contributed by atoms with Gasteiger partial charge in [0.05, 0.1) is 13.2 Å². The number of fused-ring (bicyclic) bond motifs is 1. The molecule has 2 heterocycles. The third kappa shape index (κ3) is 4.89. The van der Waals surface area contributed by atoms with E-state index in [1.165, 1.54) is 0 Å². The number of hydrogen-bond donors (Lipinski definition) is 2. The number of para-hydroxylation sites is 1. The molecule has 0 aliphatic carbocycles. The maximum absolute atomic E-state index is 9.82. The van der Waals surface area contributed by atoms with Crippen molar-refractivity contribution in [3.05, 3.63) is 36.1 Å². The number of hydrogen-bond acceptors (Lipinski definition) is 4. The number of nitrogens with zero attached hydrogens (tertiary/aromatic N) is 2. The zero-order valence-electron chi connectivity index (χ0n) is 15.4. The fourth-order valence-electron chi connectivity index (χ4n) is 3.27. The second-order valence-corrected chi connectivity index (χ2v) is 6.78. The van der Waals surface area contributed by atoms with Crippen molar-refractivity contribution in [1.29, 1.82) is 0 Å². The zero-order chi connectivity index (χ0) is 17.7. The first-order chi connectivity index (χ1) is 12.2. The number of aliphatic hydroxyl groups is 1. The number of aliphatic imine (C=N–C) groups is 1. The number of halogens is 1. The Kier molecular flexibility index (Phi) is 7.72. The molecule has 0 unspecified atom stereocenters. The normalized spacial score (nSPS) is 17.0. The van der Waals surface area contributed by atoms with Crippen LogP contribution >= 0.6 is 24.0 Å². The highest BCUT2D eigenvalue weighted by Gasteiger charge is 2.32. The van der Waals surface area contributed by atoms with Gasteiger partial charge in [0.25, 0.3) is 0 Å². The predicted octanol–water partition coefficient (Wildman–Crippen LogP) is 2.85. The highest BCUT2D eigenvalue weighted by atomic mass is 127. The van der Waals surface area contributed by atoms with Gasteiger partial charge >= 0.3 is 0 Å². The van der Waals surface area contributed by atoms with Crippen LogP contribution in [-0.4, -0.2) is 56.4 Å². The van der Waals surface area contributed by atoms with E-state index in [2.05, 4.69) is 16.4 Å². The summed E-state index contributed by atoms with van der Waals surface area (Å²) >= 11 is 0. The Morgan fingerprint density at radius 3 is 2.69 bits per heavy atom. The second-order valence-electron chi connectivity index (χ2n) is 6.78. The summed E-state index contributed by atoms with van der Waals surface area (Å²) in [7, 11) is 3.76. The Morgan fingerprint density at radius 1 is 1.31 bits per heavy atom. The van der Waals surface area contributed by atoms with Gasteiger partial charge in [-0.2, -0.15) is 0 Å². The largest absolute Gasteiger partial charge is 0.459 e. The van der Waals surface area contributed by atoms with Crippen LogP contribution in [0.1, 0.15) is 18.6 Å². The Hall–Kier alpha value is -1.32. The molecule has 1 aromatic heterocycles. The molecule has 144 valence electrons. The van der Waals surface area contributed by atoms with Gasteiger partial charge in [-0.25, -0.2) is 0 Å². The molecule has 0 atom stereocenters. The summed E-state index contributed by atoms with van der Waals surface area (Å²) in [6.07, 6.45) is 1.72. The van der Waals surface area contributed by atoms with E-state index < -0.39 is 0 Å². The van der Waals surface area contributed by atoms with Gasteiger partial charge in [-0.1, -0.05) is 18.2 Å². The Morgan fingerprint density at radius 2 is 2.04 bits per heavy atom. The van der Waals surface area contributed by atoms with Gasteiger partial charge in [-0.05, 0) is 25.0 Å². The third-order valence-electron chi connectivity index (χ3n) is 4.95. The summed E-state index contributed by atoms with van der Waals surface area (Å²) < 4.78 is 11.3. The van der Waals surface area contributed by atoms with Gasteiger partial charge in [-0.15, -0.1) is 24.0 Å². The zero-order valence-corrected chi connectivity index (χ0v) is 17.7. The van der Waals surface area contributed by atoms with Gasteiger partial charge in [0.15, 0.2) is 5.96 Å². The van der Waals surface area contributed by atoms with Crippen molar-refractivity contribution in [2.75, 3.05) is 40.5 Å².